The minimum absolute atomic E-state index is 0.197. The fraction of sp³-hybridized carbons (Fsp3) is 0.300. The van der Waals surface area contributed by atoms with Crippen LogP contribution in [0.4, 0.5) is 0 Å². The van der Waals surface area contributed by atoms with Crippen molar-refractivity contribution in [1.29, 1.82) is 0 Å². The number of carbonyl (C=O) groups excluding carboxylic acids is 1. The van der Waals surface area contributed by atoms with Crippen molar-refractivity contribution < 1.29 is 19.0 Å². The highest BCUT2D eigenvalue weighted by Crippen LogP contribution is 2.34. The number of carbonyl (C=O) groups is 1. The van der Waals surface area contributed by atoms with Crippen LogP contribution in [0, 0.1) is 0 Å². The minimum Gasteiger partial charge on any atom is -0.496 e. The molecular weight excluding hydrogens is 220 g/mol. The molecule has 0 saturated heterocycles. The van der Waals surface area contributed by atoms with Gasteiger partial charge in [0.05, 0.1) is 21.3 Å². The van der Waals surface area contributed by atoms with E-state index in [1.165, 1.54) is 21.3 Å². The first-order valence-electron chi connectivity index (χ1n) is 4.13. The van der Waals surface area contributed by atoms with Gasteiger partial charge >= 0.3 is 0 Å². The molecule has 1 aromatic carbocycles. The van der Waals surface area contributed by atoms with Crippen LogP contribution in [0.3, 0.4) is 0 Å². The summed E-state index contributed by atoms with van der Waals surface area (Å²) in [4.78, 5) is 11.2. The summed E-state index contributed by atoms with van der Waals surface area (Å²) in [6.45, 7) is 0. The van der Waals surface area contributed by atoms with Crippen molar-refractivity contribution in [3.05, 3.63) is 17.7 Å². The van der Waals surface area contributed by atoms with E-state index in [4.69, 9.17) is 25.8 Å². The average Bonchev–Trinajstić information content (AvgIpc) is 2.26. The van der Waals surface area contributed by atoms with Crippen LogP contribution in [0.5, 0.6) is 17.2 Å². The molecule has 15 heavy (non-hydrogen) atoms. The summed E-state index contributed by atoms with van der Waals surface area (Å²) < 4.78 is 15.1. The molecule has 0 fully saturated rings. The number of hydrogen-bond donors (Lipinski definition) is 0. The Labute approximate surface area is 92.7 Å². The molecule has 5 heteroatoms. The predicted molar refractivity (Wildman–Crippen MR) is 56.3 cm³/mol. The van der Waals surface area contributed by atoms with Gasteiger partial charge in [-0.15, -0.1) is 0 Å². The van der Waals surface area contributed by atoms with Crippen LogP contribution in [0.1, 0.15) is 10.4 Å². The van der Waals surface area contributed by atoms with Crippen molar-refractivity contribution >= 4 is 16.8 Å². The third kappa shape index (κ3) is 2.33. The van der Waals surface area contributed by atoms with E-state index in [1.54, 1.807) is 12.1 Å². The lowest BCUT2D eigenvalue weighted by molar-refractivity contribution is 0.107. The molecule has 1 aromatic rings. The molecule has 0 aliphatic rings. The molecule has 0 radical (unpaired) electrons. The Morgan fingerprint density at radius 1 is 1.07 bits per heavy atom. The summed E-state index contributed by atoms with van der Waals surface area (Å²) in [6, 6.07) is 3.14. The van der Waals surface area contributed by atoms with E-state index in [0.29, 0.717) is 17.2 Å². The van der Waals surface area contributed by atoms with Crippen molar-refractivity contribution in [3.8, 4) is 17.2 Å². The van der Waals surface area contributed by atoms with Crippen LogP contribution in [0.15, 0.2) is 12.1 Å². The van der Waals surface area contributed by atoms with Crippen LogP contribution >= 0.6 is 11.6 Å². The Kier molecular flexibility index (Phi) is 3.80. The van der Waals surface area contributed by atoms with Crippen LogP contribution in [0.2, 0.25) is 0 Å². The molecule has 1 rings (SSSR count). The van der Waals surface area contributed by atoms with Crippen molar-refractivity contribution in [2.75, 3.05) is 21.3 Å². The van der Waals surface area contributed by atoms with Gasteiger partial charge < -0.3 is 14.2 Å². The zero-order chi connectivity index (χ0) is 11.4. The fourth-order valence-corrected chi connectivity index (χ4v) is 1.39. The maximum atomic E-state index is 11.2. The number of hydrogen-bond acceptors (Lipinski definition) is 4. The SMILES string of the molecule is COc1cc(OC)c(C(=O)Cl)c(OC)c1. The Balaban J connectivity index is 3.39. The molecule has 0 N–H and O–H groups in total. The lowest BCUT2D eigenvalue weighted by atomic mass is 10.2. The molecule has 0 saturated carbocycles. The summed E-state index contributed by atoms with van der Waals surface area (Å²) in [6.07, 6.45) is 0. The molecule has 0 atom stereocenters. The van der Waals surface area contributed by atoms with Gasteiger partial charge in [-0.3, -0.25) is 4.79 Å². The number of ether oxygens (including phenoxy) is 3. The summed E-state index contributed by atoms with van der Waals surface area (Å²) in [5.74, 6) is 1.18. The summed E-state index contributed by atoms with van der Waals surface area (Å²) in [7, 11) is 4.39. The van der Waals surface area contributed by atoms with Crippen LogP contribution in [-0.2, 0) is 0 Å². The highest BCUT2D eigenvalue weighted by Gasteiger charge is 2.18. The smallest absolute Gasteiger partial charge is 0.259 e. The van der Waals surface area contributed by atoms with E-state index < -0.39 is 5.24 Å². The van der Waals surface area contributed by atoms with Gasteiger partial charge in [0.2, 0.25) is 0 Å². The zero-order valence-corrected chi connectivity index (χ0v) is 9.42. The van der Waals surface area contributed by atoms with Gasteiger partial charge in [-0.05, 0) is 11.6 Å². The molecule has 0 aliphatic heterocycles. The van der Waals surface area contributed by atoms with Crippen LogP contribution < -0.4 is 14.2 Å². The maximum Gasteiger partial charge on any atom is 0.259 e. The Morgan fingerprint density at radius 3 is 1.80 bits per heavy atom. The largest absolute Gasteiger partial charge is 0.496 e. The Morgan fingerprint density at radius 2 is 1.53 bits per heavy atom. The monoisotopic (exact) mass is 230 g/mol. The second-order valence-corrected chi connectivity index (χ2v) is 3.02. The molecule has 82 valence electrons. The summed E-state index contributed by atoms with van der Waals surface area (Å²) >= 11 is 5.43. The van der Waals surface area contributed by atoms with Gasteiger partial charge in [-0.25, -0.2) is 0 Å². The topological polar surface area (TPSA) is 44.8 Å². The van der Waals surface area contributed by atoms with Crippen molar-refractivity contribution in [1.82, 2.24) is 0 Å². The van der Waals surface area contributed by atoms with Crippen molar-refractivity contribution in [2.24, 2.45) is 0 Å². The third-order valence-corrected chi connectivity index (χ3v) is 2.10. The van der Waals surface area contributed by atoms with E-state index in [-0.39, 0.29) is 5.56 Å². The third-order valence-electron chi connectivity index (χ3n) is 1.91. The molecule has 0 heterocycles. The second kappa shape index (κ2) is 4.89. The fourth-order valence-electron chi connectivity index (χ4n) is 1.20. The van der Waals surface area contributed by atoms with Gasteiger partial charge in [-0.1, -0.05) is 0 Å². The molecule has 0 aliphatic carbocycles. The highest BCUT2D eigenvalue weighted by atomic mass is 35.5. The second-order valence-electron chi connectivity index (χ2n) is 2.68. The zero-order valence-electron chi connectivity index (χ0n) is 8.67. The van der Waals surface area contributed by atoms with E-state index in [1.807, 2.05) is 0 Å². The number of halogens is 1. The van der Waals surface area contributed by atoms with Gasteiger partial charge in [0.25, 0.3) is 5.24 Å². The molecule has 0 unspecified atom stereocenters. The average molecular weight is 231 g/mol. The predicted octanol–water partition coefficient (Wildman–Crippen LogP) is 2.09. The van der Waals surface area contributed by atoms with E-state index in [0.717, 1.165) is 0 Å². The lowest BCUT2D eigenvalue weighted by Crippen LogP contribution is -2.00. The summed E-state index contributed by atoms with van der Waals surface area (Å²) in [5.41, 5.74) is 0.197. The molecule has 0 aromatic heterocycles. The number of rotatable bonds is 4. The molecule has 4 nitrogen and oxygen atoms in total. The van der Waals surface area contributed by atoms with Gasteiger partial charge in [0.1, 0.15) is 22.8 Å². The molecule has 0 spiro atoms. The molecular formula is C10H11ClO4. The maximum absolute atomic E-state index is 11.2. The van der Waals surface area contributed by atoms with Crippen molar-refractivity contribution in [2.45, 2.75) is 0 Å². The lowest BCUT2D eigenvalue weighted by Gasteiger charge is -2.11. The minimum atomic E-state index is -0.633. The Hall–Kier alpha value is -1.42. The van der Waals surface area contributed by atoms with E-state index >= 15 is 0 Å². The van der Waals surface area contributed by atoms with Crippen molar-refractivity contribution in [3.63, 3.8) is 0 Å². The van der Waals surface area contributed by atoms with Gasteiger partial charge in [0, 0.05) is 12.1 Å². The first kappa shape index (κ1) is 11.7. The van der Waals surface area contributed by atoms with Gasteiger partial charge in [-0.2, -0.15) is 0 Å². The van der Waals surface area contributed by atoms with Crippen LogP contribution in [0.25, 0.3) is 0 Å². The van der Waals surface area contributed by atoms with Crippen LogP contribution in [-0.4, -0.2) is 26.6 Å². The van der Waals surface area contributed by atoms with Gasteiger partial charge in [0.15, 0.2) is 0 Å². The highest BCUT2D eigenvalue weighted by molar-refractivity contribution is 6.68. The molecule has 0 bridgehead atoms. The standard InChI is InChI=1S/C10H11ClO4/c1-13-6-4-7(14-2)9(10(11)12)8(5-6)15-3/h4-5H,1-3H3. The molecule has 0 amide bonds. The number of methoxy groups -OCH3 is 3. The summed E-state index contributed by atoms with van der Waals surface area (Å²) in [5, 5.41) is -0.633. The van der Waals surface area contributed by atoms with E-state index in [2.05, 4.69) is 0 Å². The quantitative estimate of drug-likeness (QED) is 0.743. The first-order chi connectivity index (χ1) is 7.13. The Bertz CT molecular complexity index is 351. The number of benzene rings is 1. The normalized spacial score (nSPS) is 9.60. The first-order valence-corrected chi connectivity index (χ1v) is 4.51. The van der Waals surface area contributed by atoms with E-state index in [9.17, 15) is 4.79 Å².